The molecule has 90 valence electrons. The number of rotatable bonds is 4. The van der Waals surface area contributed by atoms with Gasteiger partial charge in [0, 0.05) is 0 Å². The van der Waals surface area contributed by atoms with Crippen molar-refractivity contribution in [2.24, 2.45) is 0 Å². The number of phosphoric acid groups is 2. The Morgan fingerprint density at radius 2 is 1.69 bits per heavy atom. The molecule has 0 aliphatic rings. The second-order valence-corrected chi connectivity index (χ2v) is 5.42. The first-order chi connectivity index (χ1) is 7.20. The van der Waals surface area contributed by atoms with Gasteiger partial charge in [0.1, 0.15) is 0 Å². The Bertz CT molecular complexity index is 470. The van der Waals surface area contributed by atoms with Gasteiger partial charge in [-0.25, -0.2) is 9.13 Å². The number of nitrogens with two attached hydrogens (primary N) is 1. The second-order valence-electron chi connectivity index (χ2n) is 2.67. The second kappa shape index (κ2) is 4.55. The first-order valence-electron chi connectivity index (χ1n) is 3.83. The van der Waals surface area contributed by atoms with Gasteiger partial charge in [-0.3, -0.25) is 4.89 Å². The number of nitrogen functional groups attached to an aromatic ring is 1. The highest BCUT2D eigenvalue weighted by atomic mass is 31.3. The summed E-state index contributed by atoms with van der Waals surface area (Å²) >= 11 is 0. The van der Waals surface area contributed by atoms with Gasteiger partial charge in [0.15, 0.2) is 5.75 Å². The predicted molar refractivity (Wildman–Crippen MR) is 54.4 cm³/mol. The van der Waals surface area contributed by atoms with Crippen molar-refractivity contribution in [2.45, 2.75) is 0 Å². The molecule has 1 aromatic rings. The normalized spacial score (nSPS) is 15.4. The Morgan fingerprint density at radius 1 is 1.12 bits per heavy atom. The van der Waals surface area contributed by atoms with Crippen molar-refractivity contribution in [3.63, 3.8) is 0 Å². The molecule has 1 rings (SSSR count). The highest BCUT2D eigenvalue weighted by Crippen LogP contribution is 2.57. The molecule has 16 heavy (non-hydrogen) atoms. The molecule has 0 spiro atoms. The number of benzene rings is 1. The summed E-state index contributed by atoms with van der Waals surface area (Å²) in [6, 6.07) is 5.64. The largest absolute Gasteiger partial charge is 0.536 e. The van der Waals surface area contributed by atoms with Gasteiger partial charge in [-0.05, 0) is 12.1 Å². The molecule has 0 heterocycles. The lowest BCUT2D eigenvalue weighted by atomic mass is 10.3. The molecular formula is C6H9NO7P2. The van der Waals surface area contributed by atoms with Gasteiger partial charge in [0.25, 0.3) is 0 Å². The van der Waals surface area contributed by atoms with E-state index >= 15 is 0 Å². The number of phosphoric ester groups is 1. The van der Waals surface area contributed by atoms with Crippen LogP contribution in [0, 0.1) is 0 Å². The lowest BCUT2D eigenvalue weighted by Gasteiger charge is -2.14. The Hall–Kier alpha value is -0.880. The summed E-state index contributed by atoms with van der Waals surface area (Å²) in [6.07, 6.45) is 0. The summed E-state index contributed by atoms with van der Waals surface area (Å²) in [5.41, 5.74) is 5.42. The Kier molecular flexibility index (Phi) is 3.75. The third kappa shape index (κ3) is 4.32. The molecule has 0 saturated carbocycles. The summed E-state index contributed by atoms with van der Waals surface area (Å²) in [5, 5.41) is 0. The monoisotopic (exact) mass is 269 g/mol. The zero-order valence-corrected chi connectivity index (χ0v) is 9.54. The topological polar surface area (TPSA) is 139 Å². The van der Waals surface area contributed by atoms with Crippen LogP contribution < -0.4 is 10.3 Å². The molecule has 0 saturated heterocycles. The van der Waals surface area contributed by atoms with Gasteiger partial charge in [-0.2, -0.15) is 4.31 Å². The van der Waals surface area contributed by atoms with Crippen LogP contribution in [0.25, 0.3) is 0 Å². The molecule has 0 aromatic heterocycles. The van der Waals surface area contributed by atoms with Crippen molar-refractivity contribution in [3.05, 3.63) is 24.3 Å². The fourth-order valence-corrected chi connectivity index (χ4v) is 2.46. The molecule has 0 aliphatic heterocycles. The van der Waals surface area contributed by atoms with E-state index in [9.17, 15) is 9.13 Å². The molecule has 0 aliphatic carbocycles. The van der Waals surface area contributed by atoms with Crippen molar-refractivity contribution in [1.82, 2.24) is 0 Å². The van der Waals surface area contributed by atoms with Gasteiger partial charge in [-0.1, -0.05) is 12.1 Å². The van der Waals surface area contributed by atoms with Crippen molar-refractivity contribution < 1.29 is 32.6 Å². The van der Waals surface area contributed by atoms with Gasteiger partial charge in [-0.15, -0.1) is 0 Å². The van der Waals surface area contributed by atoms with Crippen molar-refractivity contribution in [1.29, 1.82) is 0 Å². The molecule has 8 nitrogen and oxygen atoms in total. The molecule has 0 amide bonds. The van der Waals surface area contributed by atoms with Crippen molar-refractivity contribution >= 4 is 21.3 Å². The fourth-order valence-electron chi connectivity index (χ4n) is 0.839. The molecule has 10 heteroatoms. The zero-order valence-electron chi connectivity index (χ0n) is 7.76. The van der Waals surface area contributed by atoms with Crippen LogP contribution in [0.3, 0.4) is 0 Å². The summed E-state index contributed by atoms with van der Waals surface area (Å²) in [6.45, 7) is 0. The third-order valence-electron chi connectivity index (χ3n) is 1.34. The molecule has 1 unspecified atom stereocenters. The fraction of sp³-hybridized carbons (Fsp3) is 0. The molecule has 1 aromatic carbocycles. The lowest BCUT2D eigenvalue weighted by molar-refractivity contribution is 0.230. The number of anilines is 1. The van der Waals surface area contributed by atoms with E-state index in [-0.39, 0.29) is 11.4 Å². The maximum atomic E-state index is 11.1. The highest BCUT2D eigenvalue weighted by Gasteiger charge is 2.34. The molecule has 5 N–H and O–H groups in total. The minimum Gasteiger partial charge on any atom is -0.402 e. The minimum absolute atomic E-state index is 0.0334. The Labute approximate surface area is 90.5 Å². The summed E-state index contributed by atoms with van der Waals surface area (Å²) in [4.78, 5) is 25.7. The maximum absolute atomic E-state index is 11.1. The summed E-state index contributed by atoms with van der Waals surface area (Å²) < 4.78 is 29.4. The molecular weight excluding hydrogens is 260 g/mol. The van der Waals surface area contributed by atoms with E-state index in [0.29, 0.717) is 0 Å². The average Bonchev–Trinajstić information content (AvgIpc) is 2.04. The van der Waals surface area contributed by atoms with Gasteiger partial charge < -0.3 is 20.0 Å². The highest BCUT2D eigenvalue weighted by molar-refractivity contribution is 7.60. The van der Waals surface area contributed by atoms with E-state index in [0.717, 1.165) is 0 Å². The van der Waals surface area contributed by atoms with Crippen molar-refractivity contribution in [3.8, 4) is 5.75 Å². The first-order valence-corrected chi connectivity index (χ1v) is 6.86. The van der Waals surface area contributed by atoms with E-state index < -0.39 is 15.6 Å². The number of para-hydroxylation sites is 2. The van der Waals surface area contributed by atoms with Crippen LogP contribution in [0.5, 0.6) is 5.75 Å². The van der Waals surface area contributed by atoms with Crippen LogP contribution in [0.2, 0.25) is 0 Å². The quantitative estimate of drug-likeness (QED) is 0.466. The number of hydrogen-bond donors (Lipinski definition) is 4. The Morgan fingerprint density at radius 3 is 2.19 bits per heavy atom. The standard InChI is InChI=1S/C6H9NO7P2/c7-5-3-1-2-4-6(5)13-16(11,12)14-15(8,9)10/h1-4H,7H2,(H,11,12)(H2,8,9,10). The predicted octanol–water partition coefficient (Wildman–Crippen LogP) is 0.857. The Balaban J connectivity index is 2.85. The van der Waals surface area contributed by atoms with Crippen LogP contribution >= 0.6 is 15.6 Å². The summed E-state index contributed by atoms with van der Waals surface area (Å²) in [7, 11) is -10.0. The van der Waals surface area contributed by atoms with Crippen molar-refractivity contribution in [2.75, 3.05) is 5.73 Å². The first kappa shape index (κ1) is 13.2. The van der Waals surface area contributed by atoms with Gasteiger partial charge >= 0.3 is 15.6 Å². The smallest absolute Gasteiger partial charge is 0.402 e. The van der Waals surface area contributed by atoms with E-state index in [2.05, 4.69) is 8.83 Å². The van der Waals surface area contributed by atoms with Crippen LogP contribution in [-0.2, 0) is 13.4 Å². The van der Waals surface area contributed by atoms with Crippen LogP contribution in [0.1, 0.15) is 0 Å². The lowest BCUT2D eigenvalue weighted by Crippen LogP contribution is -1.98. The average molecular weight is 269 g/mol. The van der Waals surface area contributed by atoms with Gasteiger partial charge in [0.05, 0.1) is 5.69 Å². The van der Waals surface area contributed by atoms with E-state index in [1.165, 1.54) is 18.2 Å². The molecule has 0 fully saturated rings. The van der Waals surface area contributed by atoms with Gasteiger partial charge in [0.2, 0.25) is 0 Å². The maximum Gasteiger partial charge on any atom is 0.536 e. The molecule has 0 bridgehead atoms. The molecule has 1 atom stereocenters. The zero-order chi connectivity index (χ0) is 12.4. The van der Waals surface area contributed by atoms with Crippen LogP contribution in [0.4, 0.5) is 5.69 Å². The van der Waals surface area contributed by atoms with Crippen LogP contribution in [0.15, 0.2) is 24.3 Å². The molecule has 0 radical (unpaired) electrons. The minimum atomic E-state index is -5.12. The third-order valence-corrected chi connectivity index (χ3v) is 3.45. The summed E-state index contributed by atoms with van der Waals surface area (Å²) in [5.74, 6) is -0.207. The van der Waals surface area contributed by atoms with E-state index in [1.54, 1.807) is 6.07 Å². The van der Waals surface area contributed by atoms with E-state index in [4.69, 9.17) is 20.4 Å². The van der Waals surface area contributed by atoms with Crippen LogP contribution in [-0.4, -0.2) is 14.7 Å². The van der Waals surface area contributed by atoms with E-state index in [1.807, 2.05) is 0 Å². The SMILES string of the molecule is Nc1ccccc1OP(=O)(O)OP(=O)(O)O. The number of hydrogen-bond acceptors (Lipinski definition) is 5.